The highest BCUT2D eigenvalue weighted by Gasteiger charge is 2.10. The third-order valence-electron chi connectivity index (χ3n) is 1.83. The normalized spacial score (nSPS) is 12.2. The van der Waals surface area contributed by atoms with Crippen molar-refractivity contribution in [3.8, 4) is 0 Å². The highest BCUT2D eigenvalue weighted by molar-refractivity contribution is 8.00. The van der Waals surface area contributed by atoms with E-state index in [1.165, 1.54) is 7.11 Å². The van der Waals surface area contributed by atoms with E-state index in [1.807, 2.05) is 31.2 Å². The zero-order valence-corrected chi connectivity index (χ0v) is 10.3. The molecule has 1 atom stereocenters. The Labute approximate surface area is 99.0 Å². The summed E-state index contributed by atoms with van der Waals surface area (Å²) >= 11 is 7.41. The molecule has 0 amide bonds. The summed E-state index contributed by atoms with van der Waals surface area (Å²) in [5.41, 5.74) is 0. The average Bonchev–Trinajstić information content (AvgIpc) is 2.21. The van der Waals surface area contributed by atoms with Gasteiger partial charge in [-0.25, -0.2) is 0 Å². The number of hydrogen-bond acceptors (Lipinski definition) is 3. The number of thioether (sulfide) groups is 1. The Bertz CT molecular complexity index is 324. The van der Waals surface area contributed by atoms with Crippen molar-refractivity contribution in [1.82, 2.24) is 0 Å². The molecule has 0 aliphatic rings. The molecule has 0 aromatic heterocycles. The molecule has 0 bridgehead atoms. The lowest BCUT2D eigenvalue weighted by Gasteiger charge is -2.09. The number of carbonyl (C=O) groups excluding carboxylic acids is 1. The zero-order valence-electron chi connectivity index (χ0n) is 8.70. The van der Waals surface area contributed by atoms with Gasteiger partial charge in [0.15, 0.2) is 0 Å². The Morgan fingerprint density at radius 3 is 2.60 bits per heavy atom. The lowest BCUT2D eigenvalue weighted by atomic mass is 10.3. The van der Waals surface area contributed by atoms with Crippen LogP contribution >= 0.6 is 23.4 Å². The minimum absolute atomic E-state index is 0.177. The molecule has 2 nitrogen and oxygen atoms in total. The van der Waals surface area contributed by atoms with E-state index in [0.29, 0.717) is 6.42 Å². The molecule has 0 N–H and O–H groups in total. The number of ether oxygens (including phenoxy) is 1. The monoisotopic (exact) mass is 244 g/mol. The van der Waals surface area contributed by atoms with Crippen molar-refractivity contribution in [2.24, 2.45) is 0 Å². The lowest BCUT2D eigenvalue weighted by Crippen LogP contribution is -2.08. The van der Waals surface area contributed by atoms with Crippen LogP contribution in [0.15, 0.2) is 29.2 Å². The fourth-order valence-corrected chi connectivity index (χ4v) is 2.21. The Balaban J connectivity index is 2.47. The number of hydrogen-bond donors (Lipinski definition) is 0. The maximum atomic E-state index is 11.0. The molecule has 0 aliphatic heterocycles. The van der Waals surface area contributed by atoms with Crippen LogP contribution in [0.3, 0.4) is 0 Å². The molecule has 0 fully saturated rings. The van der Waals surface area contributed by atoms with Gasteiger partial charge in [0.1, 0.15) is 0 Å². The first kappa shape index (κ1) is 12.4. The maximum Gasteiger partial charge on any atom is 0.306 e. The summed E-state index contributed by atoms with van der Waals surface area (Å²) < 4.78 is 4.60. The fourth-order valence-electron chi connectivity index (χ4n) is 1.11. The van der Waals surface area contributed by atoms with Crippen molar-refractivity contribution in [2.45, 2.75) is 23.5 Å². The van der Waals surface area contributed by atoms with Crippen LogP contribution in [-0.2, 0) is 9.53 Å². The number of benzene rings is 1. The van der Waals surface area contributed by atoms with Crippen LogP contribution in [0.25, 0.3) is 0 Å². The summed E-state index contributed by atoms with van der Waals surface area (Å²) in [6, 6.07) is 7.57. The van der Waals surface area contributed by atoms with E-state index in [9.17, 15) is 4.79 Å². The molecule has 0 saturated heterocycles. The van der Waals surface area contributed by atoms with Crippen molar-refractivity contribution in [2.75, 3.05) is 7.11 Å². The smallest absolute Gasteiger partial charge is 0.306 e. The van der Waals surface area contributed by atoms with Gasteiger partial charge in [-0.05, 0) is 24.3 Å². The molecule has 1 aromatic carbocycles. The number of rotatable bonds is 4. The van der Waals surface area contributed by atoms with E-state index in [1.54, 1.807) is 11.8 Å². The van der Waals surface area contributed by atoms with Gasteiger partial charge in [0.2, 0.25) is 0 Å². The standard InChI is InChI=1S/C11H13ClO2S/c1-8(7-11(13)14-2)15-10-5-3-9(12)4-6-10/h3-6,8H,7H2,1-2H3/t8-/m0/s1. The van der Waals surface area contributed by atoms with Crippen LogP contribution in [0.4, 0.5) is 0 Å². The van der Waals surface area contributed by atoms with Gasteiger partial charge in [0, 0.05) is 15.2 Å². The van der Waals surface area contributed by atoms with Crippen LogP contribution in [0, 0.1) is 0 Å². The molecule has 0 saturated carbocycles. The van der Waals surface area contributed by atoms with E-state index in [2.05, 4.69) is 4.74 Å². The predicted octanol–water partition coefficient (Wildman–Crippen LogP) is 3.38. The molecule has 0 aliphatic carbocycles. The molecule has 82 valence electrons. The number of esters is 1. The van der Waals surface area contributed by atoms with Crippen LogP contribution in [0.2, 0.25) is 5.02 Å². The quantitative estimate of drug-likeness (QED) is 0.600. The summed E-state index contributed by atoms with van der Waals surface area (Å²) in [5, 5.41) is 0.929. The van der Waals surface area contributed by atoms with E-state index in [0.717, 1.165) is 9.92 Å². The van der Waals surface area contributed by atoms with Gasteiger partial charge in [-0.1, -0.05) is 18.5 Å². The second-order valence-electron chi connectivity index (χ2n) is 3.16. The fraction of sp³-hybridized carbons (Fsp3) is 0.364. The van der Waals surface area contributed by atoms with Crippen molar-refractivity contribution in [1.29, 1.82) is 0 Å². The Morgan fingerprint density at radius 2 is 2.07 bits per heavy atom. The van der Waals surface area contributed by atoms with E-state index < -0.39 is 0 Å². The van der Waals surface area contributed by atoms with Crippen molar-refractivity contribution in [3.63, 3.8) is 0 Å². The molecular formula is C11H13ClO2S. The second-order valence-corrected chi connectivity index (χ2v) is 5.11. The topological polar surface area (TPSA) is 26.3 Å². The van der Waals surface area contributed by atoms with Crippen molar-refractivity contribution < 1.29 is 9.53 Å². The van der Waals surface area contributed by atoms with Crippen LogP contribution in [0.5, 0.6) is 0 Å². The first-order chi connectivity index (χ1) is 7.11. The lowest BCUT2D eigenvalue weighted by molar-refractivity contribution is -0.140. The summed E-state index contributed by atoms with van der Waals surface area (Å²) in [5.74, 6) is -0.177. The molecule has 15 heavy (non-hydrogen) atoms. The number of halogens is 1. The SMILES string of the molecule is COC(=O)C[C@H](C)Sc1ccc(Cl)cc1. The zero-order chi connectivity index (χ0) is 11.3. The molecule has 1 aromatic rings. The molecule has 0 heterocycles. The molecule has 0 spiro atoms. The minimum atomic E-state index is -0.177. The Morgan fingerprint density at radius 1 is 1.47 bits per heavy atom. The van der Waals surface area contributed by atoms with Gasteiger partial charge in [-0.2, -0.15) is 0 Å². The molecule has 1 rings (SSSR count). The van der Waals surface area contributed by atoms with Crippen LogP contribution < -0.4 is 0 Å². The number of carbonyl (C=O) groups is 1. The highest BCUT2D eigenvalue weighted by Crippen LogP contribution is 2.26. The minimum Gasteiger partial charge on any atom is -0.469 e. The largest absolute Gasteiger partial charge is 0.469 e. The summed E-state index contributed by atoms with van der Waals surface area (Å²) in [6.45, 7) is 2.00. The van der Waals surface area contributed by atoms with Gasteiger partial charge >= 0.3 is 5.97 Å². The maximum absolute atomic E-state index is 11.0. The van der Waals surface area contributed by atoms with E-state index >= 15 is 0 Å². The van der Waals surface area contributed by atoms with Gasteiger partial charge in [-0.3, -0.25) is 4.79 Å². The van der Waals surface area contributed by atoms with Gasteiger partial charge in [-0.15, -0.1) is 11.8 Å². The van der Waals surface area contributed by atoms with Crippen molar-refractivity contribution >= 4 is 29.3 Å². The average molecular weight is 245 g/mol. The first-order valence-corrected chi connectivity index (χ1v) is 5.86. The first-order valence-electron chi connectivity index (χ1n) is 4.61. The van der Waals surface area contributed by atoms with Crippen LogP contribution in [0.1, 0.15) is 13.3 Å². The van der Waals surface area contributed by atoms with Gasteiger partial charge < -0.3 is 4.74 Å². The summed E-state index contributed by atoms with van der Waals surface area (Å²) in [7, 11) is 1.40. The third-order valence-corrected chi connectivity index (χ3v) is 3.20. The Kier molecular flexibility index (Phi) is 4.99. The molecule has 4 heteroatoms. The third kappa shape index (κ3) is 4.58. The van der Waals surface area contributed by atoms with Crippen LogP contribution in [-0.4, -0.2) is 18.3 Å². The highest BCUT2D eigenvalue weighted by atomic mass is 35.5. The summed E-state index contributed by atoms with van der Waals surface area (Å²) in [4.78, 5) is 12.1. The van der Waals surface area contributed by atoms with Crippen molar-refractivity contribution in [3.05, 3.63) is 29.3 Å². The molecule has 0 radical (unpaired) electrons. The van der Waals surface area contributed by atoms with Gasteiger partial charge in [0.25, 0.3) is 0 Å². The van der Waals surface area contributed by atoms with Gasteiger partial charge in [0.05, 0.1) is 13.5 Å². The summed E-state index contributed by atoms with van der Waals surface area (Å²) in [6.07, 6.45) is 0.420. The molecule has 0 unspecified atom stereocenters. The van der Waals surface area contributed by atoms with E-state index in [-0.39, 0.29) is 11.2 Å². The molecular weight excluding hydrogens is 232 g/mol. The Hall–Kier alpha value is -0.670. The van der Waals surface area contributed by atoms with E-state index in [4.69, 9.17) is 11.6 Å². The second kappa shape index (κ2) is 6.03. The predicted molar refractivity (Wildman–Crippen MR) is 63.4 cm³/mol. The number of methoxy groups -OCH3 is 1.